The number of unbranched alkanes of at least 4 members (excludes halogenated alkanes) is 1. The third-order valence-electron chi connectivity index (χ3n) is 2.94. The van der Waals surface area contributed by atoms with Gasteiger partial charge in [-0.15, -0.1) is 0 Å². The highest BCUT2D eigenvalue weighted by atomic mass is 28.4. The normalized spacial score (nSPS) is 11.1. The second-order valence-corrected chi connectivity index (χ2v) is 8.38. The first-order valence-corrected chi connectivity index (χ1v) is 8.45. The maximum absolute atomic E-state index is 10.0. The molecule has 0 aliphatic heterocycles. The smallest absolute Gasteiger partial charge is 0.234 e. The van der Waals surface area contributed by atoms with E-state index in [-0.39, 0.29) is 0 Å². The molecule has 0 unspecified atom stereocenters. The molecule has 4 heteroatoms. The van der Waals surface area contributed by atoms with Gasteiger partial charge < -0.3 is 4.43 Å². The van der Waals surface area contributed by atoms with Crippen molar-refractivity contribution in [1.29, 1.82) is 0 Å². The monoisotopic (exact) mass is 229 g/mol. The van der Waals surface area contributed by atoms with E-state index in [1.807, 2.05) is 0 Å². The number of hydrogen-bond donors (Lipinski definition) is 0. The summed E-state index contributed by atoms with van der Waals surface area (Å²) in [4.78, 5) is 13.6. The molecular formula is C11H23NO2Si. The average molecular weight is 229 g/mol. The van der Waals surface area contributed by atoms with Gasteiger partial charge in [-0.25, -0.2) is 9.79 Å². The van der Waals surface area contributed by atoms with E-state index in [4.69, 9.17) is 4.43 Å². The van der Waals surface area contributed by atoms with Crippen LogP contribution in [0.2, 0.25) is 18.1 Å². The summed E-state index contributed by atoms with van der Waals surface area (Å²) in [6, 6.07) is 3.18. The minimum atomic E-state index is -1.59. The number of carbonyl (C=O) groups excluding carboxylic acids is 1. The van der Waals surface area contributed by atoms with E-state index in [1.54, 1.807) is 6.08 Å². The first-order valence-electron chi connectivity index (χ1n) is 5.92. The Hall–Kier alpha value is -0.443. The van der Waals surface area contributed by atoms with Gasteiger partial charge in [0.25, 0.3) is 0 Å². The Labute approximate surface area is 94.1 Å². The predicted molar refractivity (Wildman–Crippen MR) is 65.4 cm³/mol. The molecule has 0 aromatic rings. The van der Waals surface area contributed by atoms with Crippen molar-refractivity contribution in [2.45, 2.75) is 51.7 Å². The number of aliphatic imine (C=N–C) groups is 1. The molecule has 0 atom stereocenters. The van der Waals surface area contributed by atoms with Crippen LogP contribution in [-0.4, -0.2) is 27.5 Å². The largest absolute Gasteiger partial charge is 0.417 e. The molecule has 0 aromatic heterocycles. The van der Waals surface area contributed by atoms with Crippen LogP contribution in [0.25, 0.3) is 0 Å². The van der Waals surface area contributed by atoms with Gasteiger partial charge in [-0.2, -0.15) is 0 Å². The molecule has 0 bridgehead atoms. The zero-order chi connectivity index (χ0) is 11.6. The summed E-state index contributed by atoms with van der Waals surface area (Å²) < 4.78 is 6.06. The molecule has 0 fully saturated rings. The van der Waals surface area contributed by atoms with E-state index in [2.05, 4.69) is 25.8 Å². The van der Waals surface area contributed by atoms with Crippen LogP contribution in [0, 0.1) is 0 Å². The van der Waals surface area contributed by atoms with Crippen LogP contribution in [0.15, 0.2) is 4.99 Å². The quantitative estimate of drug-likeness (QED) is 0.264. The third kappa shape index (κ3) is 5.87. The minimum absolute atomic E-state index is 0.587. The lowest BCUT2D eigenvalue weighted by Crippen LogP contribution is -2.37. The lowest BCUT2D eigenvalue weighted by molar-refractivity contribution is 0.291. The molecule has 0 aliphatic rings. The number of rotatable bonds is 9. The summed E-state index contributed by atoms with van der Waals surface area (Å²) in [6.07, 6.45) is 3.90. The first-order chi connectivity index (χ1) is 7.24. The fraction of sp³-hybridized carbons (Fsp3) is 0.909. The second-order valence-electron chi connectivity index (χ2n) is 3.82. The molecule has 0 saturated heterocycles. The van der Waals surface area contributed by atoms with Crippen molar-refractivity contribution >= 4 is 14.4 Å². The molecule has 0 amide bonds. The molecule has 0 aliphatic carbocycles. The van der Waals surface area contributed by atoms with Gasteiger partial charge in [0.15, 0.2) is 8.32 Å². The van der Waals surface area contributed by atoms with Gasteiger partial charge in [-0.05, 0) is 24.6 Å². The number of hydrogen-bond acceptors (Lipinski definition) is 3. The summed E-state index contributed by atoms with van der Waals surface area (Å²) in [5, 5.41) is 0. The second kappa shape index (κ2) is 8.83. The fourth-order valence-electron chi connectivity index (χ4n) is 1.62. The molecule has 88 valence electrons. The Morgan fingerprint density at radius 3 is 2.40 bits per heavy atom. The van der Waals surface area contributed by atoms with Crippen LogP contribution < -0.4 is 0 Å². The summed E-state index contributed by atoms with van der Waals surface area (Å²) in [6.45, 7) is 8.00. The fourth-order valence-corrected chi connectivity index (χ4v) is 4.47. The van der Waals surface area contributed by atoms with Crippen molar-refractivity contribution in [2.24, 2.45) is 4.99 Å². The minimum Gasteiger partial charge on any atom is -0.417 e. The third-order valence-corrected chi connectivity index (χ3v) is 7.47. The average Bonchev–Trinajstić information content (AvgIpc) is 2.28. The first kappa shape index (κ1) is 14.6. The molecule has 3 nitrogen and oxygen atoms in total. The van der Waals surface area contributed by atoms with Crippen LogP contribution in [0.1, 0.15) is 33.6 Å². The van der Waals surface area contributed by atoms with E-state index >= 15 is 0 Å². The standard InChI is InChI=1S/C11H23NO2Si/c1-4-7-9-14-15(5-2,6-3)10-8-12-11-13/h4-10H2,1-3H3. The van der Waals surface area contributed by atoms with Crippen LogP contribution >= 0.6 is 0 Å². The molecule has 0 N–H and O–H groups in total. The summed E-state index contributed by atoms with van der Waals surface area (Å²) in [5.74, 6) is 0. The van der Waals surface area contributed by atoms with Crippen molar-refractivity contribution in [2.75, 3.05) is 13.2 Å². The van der Waals surface area contributed by atoms with Crippen molar-refractivity contribution < 1.29 is 9.22 Å². The zero-order valence-corrected chi connectivity index (χ0v) is 11.2. The highest BCUT2D eigenvalue weighted by Gasteiger charge is 2.30. The van der Waals surface area contributed by atoms with Gasteiger partial charge in [0.2, 0.25) is 6.08 Å². The Morgan fingerprint density at radius 1 is 1.27 bits per heavy atom. The van der Waals surface area contributed by atoms with Crippen LogP contribution in [0.4, 0.5) is 0 Å². The zero-order valence-electron chi connectivity index (χ0n) is 10.2. The van der Waals surface area contributed by atoms with Gasteiger partial charge in [0, 0.05) is 6.61 Å². The van der Waals surface area contributed by atoms with Crippen molar-refractivity contribution in [1.82, 2.24) is 0 Å². The van der Waals surface area contributed by atoms with Gasteiger partial charge in [-0.1, -0.05) is 27.2 Å². The number of nitrogens with zero attached hydrogens (tertiary/aromatic N) is 1. The summed E-state index contributed by atoms with van der Waals surface area (Å²) in [7, 11) is -1.59. The van der Waals surface area contributed by atoms with Crippen LogP contribution in [0.3, 0.4) is 0 Å². The maximum atomic E-state index is 10.0. The van der Waals surface area contributed by atoms with Crippen molar-refractivity contribution in [3.05, 3.63) is 0 Å². The molecule has 0 radical (unpaired) electrons. The van der Waals surface area contributed by atoms with Crippen LogP contribution in [0.5, 0.6) is 0 Å². The summed E-state index contributed by atoms with van der Waals surface area (Å²) >= 11 is 0. The Kier molecular flexibility index (Phi) is 8.57. The number of isocyanates is 1. The van der Waals surface area contributed by atoms with Crippen molar-refractivity contribution in [3.8, 4) is 0 Å². The van der Waals surface area contributed by atoms with Crippen molar-refractivity contribution in [3.63, 3.8) is 0 Å². The van der Waals surface area contributed by atoms with Gasteiger partial charge in [0.05, 0.1) is 6.54 Å². The lowest BCUT2D eigenvalue weighted by Gasteiger charge is -2.28. The predicted octanol–water partition coefficient (Wildman–Crippen LogP) is 3.12. The lowest BCUT2D eigenvalue weighted by atomic mass is 10.4. The van der Waals surface area contributed by atoms with E-state index in [1.165, 1.54) is 6.42 Å². The Morgan fingerprint density at radius 2 is 1.93 bits per heavy atom. The van der Waals surface area contributed by atoms with E-state index < -0.39 is 8.32 Å². The van der Waals surface area contributed by atoms with E-state index in [9.17, 15) is 4.79 Å². The maximum Gasteiger partial charge on any atom is 0.234 e. The molecule has 0 aromatic carbocycles. The highest BCUT2D eigenvalue weighted by molar-refractivity contribution is 6.73. The SMILES string of the molecule is CCCCO[Si](CC)(CC)CCN=C=O. The molecular weight excluding hydrogens is 206 g/mol. The molecule has 0 rings (SSSR count). The topological polar surface area (TPSA) is 38.7 Å². The van der Waals surface area contributed by atoms with Gasteiger partial charge >= 0.3 is 0 Å². The molecule has 0 saturated carbocycles. The van der Waals surface area contributed by atoms with Crippen LogP contribution in [-0.2, 0) is 9.22 Å². The van der Waals surface area contributed by atoms with Gasteiger partial charge in [-0.3, -0.25) is 0 Å². The molecule has 0 heterocycles. The molecule has 0 spiro atoms. The van der Waals surface area contributed by atoms with E-state index in [0.717, 1.165) is 31.2 Å². The summed E-state index contributed by atoms with van der Waals surface area (Å²) in [5.41, 5.74) is 0. The highest BCUT2D eigenvalue weighted by Crippen LogP contribution is 2.22. The Bertz CT molecular complexity index is 199. The van der Waals surface area contributed by atoms with Gasteiger partial charge in [0.1, 0.15) is 0 Å². The Balaban J connectivity index is 4.09. The molecule has 15 heavy (non-hydrogen) atoms. The van der Waals surface area contributed by atoms with E-state index in [0.29, 0.717) is 6.54 Å².